The standard InChI is InChI=1S/C22H22N2O4/c1-14(25)16-6-3-8-18(12-16)22(28)24-11-5-10-20(24)21(27)23-19-9-4-7-17(13-19)15(2)26/h3-4,6-9,12-13,20H,5,10-11H2,1-2H3,(H,23,27). The Morgan fingerprint density at radius 2 is 1.50 bits per heavy atom. The second-order valence-corrected chi connectivity index (χ2v) is 6.92. The first kappa shape index (κ1) is 19.5. The van der Waals surface area contributed by atoms with Crippen molar-refractivity contribution in [3.8, 4) is 0 Å². The van der Waals surface area contributed by atoms with Crippen LogP contribution in [-0.4, -0.2) is 40.9 Å². The number of rotatable bonds is 5. The number of benzene rings is 2. The van der Waals surface area contributed by atoms with Crippen LogP contribution in [0.1, 0.15) is 57.8 Å². The van der Waals surface area contributed by atoms with E-state index in [1.54, 1.807) is 53.4 Å². The smallest absolute Gasteiger partial charge is 0.254 e. The predicted octanol–water partition coefficient (Wildman–Crippen LogP) is 3.34. The third-order valence-corrected chi connectivity index (χ3v) is 4.87. The van der Waals surface area contributed by atoms with E-state index in [4.69, 9.17) is 0 Å². The van der Waals surface area contributed by atoms with E-state index in [0.29, 0.717) is 35.3 Å². The van der Waals surface area contributed by atoms with Crippen molar-refractivity contribution >= 4 is 29.1 Å². The number of carbonyl (C=O) groups is 4. The van der Waals surface area contributed by atoms with E-state index in [9.17, 15) is 19.2 Å². The molecule has 3 rings (SSSR count). The molecule has 6 heteroatoms. The van der Waals surface area contributed by atoms with Crippen molar-refractivity contribution in [2.75, 3.05) is 11.9 Å². The molecule has 1 N–H and O–H groups in total. The highest BCUT2D eigenvalue weighted by atomic mass is 16.2. The number of likely N-dealkylation sites (tertiary alicyclic amines) is 1. The molecule has 1 fully saturated rings. The van der Waals surface area contributed by atoms with Crippen LogP contribution in [0.5, 0.6) is 0 Å². The highest BCUT2D eigenvalue weighted by Gasteiger charge is 2.34. The van der Waals surface area contributed by atoms with E-state index >= 15 is 0 Å². The van der Waals surface area contributed by atoms with Gasteiger partial charge in [-0.3, -0.25) is 19.2 Å². The van der Waals surface area contributed by atoms with E-state index in [2.05, 4.69) is 5.32 Å². The first-order chi connectivity index (χ1) is 13.4. The van der Waals surface area contributed by atoms with E-state index in [1.807, 2.05) is 0 Å². The van der Waals surface area contributed by atoms with Crippen LogP contribution in [0.4, 0.5) is 5.69 Å². The third-order valence-electron chi connectivity index (χ3n) is 4.87. The first-order valence-corrected chi connectivity index (χ1v) is 9.20. The lowest BCUT2D eigenvalue weighted by Crippen LogP contribution is -2.43. The molecule has 1 heterocycles. The van der Waals surface area contributed by atoms with Crippen molar-refractivity contribution in [3.05, 3.63) is 65.2 Å². The van der Waals surface area contributed by atoms with Crippen LogP contribution in [0.3, 0.4) is 0 Å². The molecule has 0 spiro atoms. The van der Waals surface area contributed by atoms with Crippen LogP contribution in [0.15, 0.2) is 48.5 Å². The number of nitrogens with zero attached hydrogens (tertiary/aromatic N) is 1. The SMILES string of the molecule is CC(=O)c1cccc(NC(=O)C2CCCN2C(=O)c2cccc(C(C)=O)c2)c1. The largest absolute Gasteiger partial charge is 0.327 e. The van der Waals surface area contributed by atoms with Gasteiger partial charge in [0, 0.05) is 28.9 Å². The van der Waals surface area contributed by atoms with Gasteiger partial charge in [-0.25, -0.2) is 0 Å². The predicted molar refractivity (Wildman–Crippen MR) is 106 cm³/mol. The van der Waals surface area contributed by atoms with Gasteiger partial charge in [-0.15, -0.1) is 0 Å². The fraction of sp³-hybridized carbons (Fsp3) is 0.273. The Balaban J connectivity index is 1.77. The van der Waals surface area contributed by atoms with Gasteiger partial charge in [0.05, 0.1) is 0 Å². The summed E-state index contributed by atoms with van der Waals surface area (Å²) >= 11 is 0. The molecule has 1 unspecified atom stereocenters. The van der Waals surface area contributed by atoms with E-state index in [0.717, 1.165) is 6.42 Å². The number of amides is 2. The van der Waals surface area contributed by atoms with Crippen molar-refractivity contribution in [1.29, 1.82) is 0 Å². The van der Waals surface area contributed by atoms with Gasteiger partial charge in [0.15, 0.2) is 11.6 Å². The van der Waals surface area contributed by atoms with Gasteiger partial charge in [0.1, 0.15) is 6.04 Å². The van der Waals surface area contributed by atoms with Crippen LogP contribution in [0.2, 0.25) is 0 Å². The normalized spacial score (nSPS) is 15.9. The van der Waals surface area contributed by atoms with Crippen LogP contribution in [0, 0.1) is 0 Å². The number of anilines is 1. The number of Topliss-reactive ketones (excluding diaryl/α,β-unsaturated/α-hetero) is 2. The van der Waals surface area contributed by atoms with E-state index < -0.39 is 6.04 Å². The minimum Gasteiger partial charge on any atom is -0.327 e. The summed E-state index contributed by atoms with van der Waals surface area (Å²) in [4.78, 5) is 50.3. The molecule has 2 aromatic rings. The quantitative estimate of drug-likeness (QED) is 0.809. The van der Waals surface area contributed by atoms with Crippen LogP contribution < -0.4 is 5.32 Å². The Labute approximate surface area is 163 Å². The number of hydrogen-bond acceptors (Lipinski definition) is 4. The van der Waals surface area contributed by atoms with Crippen molar-refractivity contribution in [2.45, 2.75) is 32.7 Å². The lowest BCUT2D eigenvalue weighted by molar-refractivity contribution is -0.119. The monoisotopic (exact) mass is 378 g/mol. The maximum absolute atomic E-state index is 12.9. The van der Waals surface area contributed by atoms with Gasteiger partial charge in [-0.2, -0.15) is 0 Å². The Bertz CT molecular complexity index is 951. The minimum atomic E-state index is -0.588. The van der Waals surface area contributed by atoms with Crippen LogP contribution in [-0.2, 0) is 4.79 Å². The van der Waals surface area contributed by atoms with Gasteiger partial charge in [-0.05, 0) is 51.0 Å². The Morgan fingerprint density at radius 3 is 2.18 bits per heavy atom. The average molecular weight is 378 g/mol. The second kappa shape index (κ2) is 8.17. The zero-order valence-corrected chi connectivity index (χ0v) is 15.9. The fourth-order valence-electron chi connectivity index (χ4n) is 3.36. The molecule has 0 aliphatic carbocycles. The van der Waals surface area contributed by atoms with Crippen LogP contribution >= 0.6 is 0 Å². The minimum absolute atomic E-state index is 0.0841. The summed E-state index contributed by atoms with van der Waals surface area (Å²) in [5.74, 6) is -0.748. The van der Waals surface area contributed by atoms with Gasteiger partial charge in [-0.1, -0.05) is 24.3 Å². The fourth-order valence-corrected chi connectivity index (χ4v) is 3.36. The number of ketones is 2. The zero-order valence-electron chi connectivity index (χ0n) is 15.9. The second-order valence-electron chi connectivity index (χ2n) is 6.92. The lowest BCUT2D eigenvalue weighted by Gasteiger charge is -2.24. The maximum Gasteiger partial charge on any atom is 0.254 e. The molecule has 28 heavy (non-hydrogen) atoms. The Kier molecular flexibility index (Phi) is 5.68. The van der Waals surface area contributed by atoms with Gasteiger partial charge in [0.2, 0.25) is 5.91 Å². The van der Waals surface area contributed by atoms with Gasteiger partial charge >= 0.3 is 0 Å². The number of carbonyl (C=O) groups excluding carboxylic acids is 4. The molecule has 1 atom stereocenters. The summed E-state index contributed by atoms with van der Waals surface area (Å²) in [6.45, 7) is 3.40. The highest BCUT2D eigenvalue weighted by Crippen LogP contribution is 2.23. The molecule has 2 amide bonds. The molecular formula is C22H22N2O4. The molecular weight excluding hydrogens is 356 g/mol. The Morgan fingerprint density at radius 1 is 0.893 bits per heavy atom. The number of hydrogen-bond donors (Lipinski definition) is 1. The van der Waals surface area contributed by atoms with E-state index in [-0.39, 0.29) is 23.4 Å². The zero-order chi connectivity index (χ0) is 20.3. The highest BCUT2D eigenvalue weighted by molar-refractivity contribution is 6.03. The van der Waals surface area contributed by atoms with Crippen molar-refractivity contribution < 1.29 is 19.2 Å². The van der Waals surface area contributed by atoms with Crippen LogP contribution in [0.25, 0.3) is 0 Å². The Hall–Kier alpha value is -3.28. The molecule has 1 aliphatic heterocycles. The van der Waals surface area contributed by atoms with Gasteiger partial charge in [0.25, 0.3) is 5.91 Å². The molecule has 0 bridgehead atoms. The van der Waals surface area contributed by atoms with E-state index in [1.165, 1.54) is 13.8 Å². The topological polar surface area (TPSA) is 83.6 Å². The maximum atomic E-state index is 12.9. The lowest BCUT2D eigenvalue weighted by atomic mass is 10.1. The van der Waals surface area contributed by atoms with Crippen molar-refractivity contribution in [3.63, 3.8) is 0 Å². The average Bonchev–Trinajstić information content (AvgIpc) is 3.17. The van der Waals surface area contributed by atoms with Crippen molar-refractivity contribution in [1.82, 2.24) is 4.90 Å². The molecule has 6 nitrogen and oxygen atoms in total. The molecule has 0 aromatic heterocycles. The summed E-state index contributed by atoms with van der Waals surface area (Å²) in [5, 5.41) is 2.81. The van der Waals surface area contributed by atoms with Crippen molar-refractivity contribution in [2.24, 2.45) is 0 Å². The summed E-state index contributed by atoms with van der Waals surface area (Å²) in [7, 11) is 0. The summed E-state index contributed by atoms with van der Waals surface area (Å²) in [5.41, 5.74) is 1.90. The first-order valence-electron chi connectivity index (χ1n) is 9.20. The molecule has 0 saturated carbocycles. The molecule has 1 saturated heterocycles. The summed E-state index contributed by atoms with van der Waals surface area (Å²) < 4.78 is 0. The molecule has 0 radical (unpaired) electrons. The molecule has 1 aliphatic rings. The van der Waals surface area contributed by atoms with Gasteiger partial charge < -0.3 is 10.2 Å². The summed E-state index contributed by atoms with van der Waals surface area (Å²) in [6.07, 6.45) is 1.29. The third kappa shape index (κ3) is 4.17. The number of nitrogens with one attached hydrogen (secondary N) is 1. The molecule has 2 aromatic carbocycles. The summed E-state index contributed by atoms with van der Waals surface area (Å²) in [6, 6.07) is 12.7. The molecule has 144 valence electrons.